The van der Waals surface area contributed by atoms with Crippen molar-refractivity contribution >= 4 is 35.1 Å². The molecule has 0 saturated carbocycles. The summed E-state index contributed by atoms with van der Waals surface area (Å²) in [6, 6.07) is 4.48. The van der Waals surface area contributed by atoms with Crippen LogP contribution in [0.3, 0.4) is 0 Å². The molecule has 0 aliphatic carbocycles. The van der Waals surface area contributed by atoms with Gasteiger partial charge >= 0.3 is 0 Å². The fourth-order valence-electron chi connectivity index (χ4n) is 2.00. The highest BCUT2D eigenvalue weighted by Crippen LogP contribution is 2.22. The number of nitrogens with zero attached hydrogens (tertiary/aromatic N) is 2. The van der Waals surface area contributed by atoms with Crippen molar-refractivity contribution in [3.8, 4) is 0 Å². The van der Waals surface area contributed by atoms with Crippen LogP contribution in [0.2, 0.25) is 0 Å². The molecule has 5 heteroatoms. The van der Waals surface area contributed by atoms with Crippen LogP contribution < -0.4 is 0 Å². The largest absolute Gasteiger partial charge is 0.329 e. The van der Waals surface area contributed by atoms with E-state index in [0.29, 0.717) is 6.04 Å². The standard InChI is InChI=1S/C12H17N3S2/c1-4-9(7-17-3)15-11-10(14-12(15)16)6-5-8(2)13-11/h5-6,9H,4,7H2,1-3H3,(H,14,16). The normalized spacial score (nSPS) is 13.1. The van der Waals surface area contributed by atoms with Crippen molar-refractivity contribution in [2.45, 2.75) is 26.3 Å². The van der Waals surface area contributed by atoms with Crippen molar-refractivity contribution in [2.75, 3.05) is 12.0 Å². The van der Waals surface area contributed by atoms with Crippen LogP contribution in [0, 0.1) is 11.7 Å². The molecule has 1 unspecified atom stereocenters. The van der Waals surface area contributed by atoms with Gasteiger partial charge in [0.25, 0.3) is 0 Å². The second-order valence-electron chi connectivity index (χ2n) is 4.14. The molecular formula is C12H17N3S2. The minimum atomic E-state index is 0.417. The zero-order valence-electron chi connectivity index (χ0n) is 10.4. The topological polar surface area (TPSA) is 33.6 Å². The molecule has 0 aliphatic rings. The molecule has 2 aromatic rings. The van der Waals surface area contributed by atoms with Crippen LogP contribution in [0.4, 0.5) is 0 Å². The highest BCUT2D eigenvalue weighted by molar-refractivity contribution is 7.98. The van der Waals surface area contributed by atoms with Gasteiger partial charge in [-0.05, 0) is 44.0 Å². The maximum Gasteiger partial charge on any atom is 0.179 e. The molecule has 0 bridgehead atoms. The van der Waals surface area contributed by atoms with Crippen molar-refractivity contribution in [2.24, 2.45) is 0 Å². The number of thioether (sulfide) groups is 1. The van der Waals surface area contributed by atoms with E-state index < -0.39 is 0 Å². The van der Waals surface area contributed by atoms with Gasteiger partial charge in [0, 0.05) is 17.5 Å². The van der Waals surface area contributed by atoms with Crippen molar-refractivity contribution in [3.63, 3.8) is 0 Å². The molecule has 1 N–H and O–H groups in total. The smallest absolute Gasteiger partial charge is 0.179 e. The lowest BCUT2D eigenvalue weighted by atomic mass is 10.2. The molecule has 0 saturated heterocycles. The summed E-state index contributed by atoms with van der Waals surface area (Å²) < 4.78 is 2.94. The van der Waals surface area contributed by atoms with Gasteiger partial charge < -0.3 is 4.98 Å². The Labute approximate surface area is 111 Å². The number of H-pyrrole nitrogens is 1. The summed E-state index contributed by atoms with van der Waals surface area (Å²) in [5.74, 6) is 1.06. The average Bonchev–Trinajstić information content (AvgIpc) is 2.62. The zero-order chi connectivity index (χ0) is 12.4. The predicted octanol–water partition coefficient (Wildman–Crippen LogP) is 3.72. The third-order valence-corrected chi connectivity index (χ3v) is 3.92. The molecule has 0 fully saturated rings. The van der Waals surface area contributed by atoms with Crippen LogP contribution in [-0.2, 0) is 0 Å². The zero-order valence-corrected chi connectivity index (χ0v) is 12.0. The van der Waals surface area contributed by atoms with Crippen LogP contribution in [-0.4, -0.2) is 26.5 Å². The lowest BCUT2D eigenvalue weighted by Gasteiger charge is -2.16. The predicted molar refractivity (Wildman–Crippen MR) is 77.4 cm³/mol. The molecule has 0 radical (unpaired) electrons. The first-order valence-electron chi connectivity index (χ1n) is 5.74. The van der Waals surface area contributed by atoms with Gasteiger partial charge in [-0.2, -0.15) is 11.8 Å². The van der Waals surface area contributed by atoms with Crippen LogP contribution in [0.15, 0.2) is 12.1 Å². The van der Waals surface area contributed by atoms with Crippen LogP contribution in [0.25, 0.3) is 11.2 Å². The third-order valence-electron chi connectivity index (χ3n) is 2.90. The van der Waals surface area contributed by atoms with Gasteiger partial charge in [0.15, 0.2) is 10.4 Å². The van der Waals surface area contributed by atoms with E-state index in [-0.39, 0.29) is 0 Å². The number of aromatic nitrogens is 3. The van der Waals surface area contributed by atoms with Crippen LogP contribution >= 0.6 is 24.0 Å². The van der Waals surface area contributed by atoms with Crippen molar-refractivity contribution in [1.29, 1.82) is 0 Å². The Morgan fingerprint density at radius 3 is 2.94 bits per heavy atom. The molecule has 2 heterocycles. The Morgan fingerprint density at radius 2 is 2.29 bits per heavy atom. The Morgan fingerprint density at radius 1 is 1.53 bits per heavy atom. The molecule has 0 amide bonds. The quantitative estimate of drug-likeness (QED) is 0.857. The van der Waals surface area contributed by atoms with Gasteiger partial charge in [0.2, 0.25) is 0 Å². The summed E-state index contributed by atoms with van der Waals surface area (Å²) >= 11 is 7.26. The summed E-state index contributed by atoms with van der Waals surface area (Å²) in [7, 11) is 0. The molecule has 2 aromatic heterocycles. The maximum atomic E-state index is 5.41. The van der Waals surface area contributed by atoms with E-state index in [1.54, 1.807) is 0 Å². The summed E-state index contributed by atoms with van der Waals surface area (Å²) in [5, 5.41) is 0. The number of nitrogens with one attached hydrogen (secondary N) is 1. The molecule has 92 valence electrons. The maximum absolute atomic E-state index is 5.41. The fraction of sp³-hybridized carbons (Fsp3) is 0.500. The number of imidazole rings is 1. The van der Waals surface area contributed by atoms with E-state index >= 15 is 0 Å². The van der Waals surface area contributed by atoms with Crippen LogP contribution in [0.5, 0.6) is 0 Å². The summed E-state index contributed by atoms with van der Waals surface area (Å²) in [6.45, 7) is 4.20. The van der Waals surface area contributed by atoms with E-state index in [2.05, 4.69) is 33.8 Å². The fourth-order valence-corrected chi connectivity index (χ4v) is 3.12. The molecule has 2 rings (SSSR count). The molecule has 17 heavy (non-hydrogen) atoms. The van der Waals surface area contributed by atoms with Gasteiger partial charge in [0.1, 0.15) is 0 Å². The van der Waals surface area contributed by atoms with E-state index in [4.69, 9.17) is 12.2 Å². The number of fused-ring (bicyclic) bond motifs is 1. The Balaban J connectivity index is 2.62. The monoisotopic (exact) mass is 267 g/mol. The summed E-state index contributed by atoms with van der Waals surface area (Å²) in [4.78, 5) is 7.84. The van der Waals surface area contributed by atoms with E-state index in [0.717, 1.165) is 33.8 Å². The molecule has 3 nitrogen and oxygen atoms in total. The number of aromatic amines is 1. The van der Waals surface area contributed by atoms with Gasteiger partial charge in [-0.15, -0.1) is 0 Å². The summed E-state index contributed by atoms with van der Waals surface area (Å²) in [6.07, 6.45) is 3.19. The molecular weight excluding hydrogens is 250 g/mol. The van der Waals surface area contributed by atoms with Crippen molar-refractivity contribution in [1.82, 2.24) is 14.5 Å². The van der Waals surface area contributed by atoms with Gasteiger partial charge in [0.05, 0.1) is 5.52 Å². The Kier molecular flexibility index (Phi) is 3.89. The lowest BCUT2D eigenvalue weighted by molar-refractivity contribution is 0.544. The minimum Gasteiger partial charge on any atom is -0.329 e. The number of aryl methyl sites for hydroxylation is 1. The number of hydrogen-bond acceptors (Lipinski definition) is 3. The van der Waals surface area contributed by atoms with Gasteiger partial charge in [-0.1, -0.05) is 6.92 Å². The highest BCUT2D eigenvalue weighted by Gasteiger charge is 2.14. The number of pyridine rings is 1. The third kappa shape index (κ3) is 2.40. The first kappa shape index (κ1) is 12.6. The number of rotatable bonds is 4. The molecule has 1 atom stereocenters. The summed E-state index contributed by atoms with van der Waals surface area (Å²) in [5.41, 5.74) is 3.04. The first-order chi connectivity index (χ1) is 8.17. The van der Waals surface area contributed by atoms with Crippen LogP contribution in [0.1, 0.15) is 25.1 Å². The first-order valence-corrected chi connectivity index (χ1v) is 7.54. The lowest BCUT2D eigenvalue weighted by Crippen LogP contribution is -2.11. The van der Waals surface area contributed by atoms with E-state index in [1.165, 1.54) is 0 Å². The molecule has 0 spiro atoms. The Bertz CT molecular complexity index is 571. The van der Waals surface area contributed by atoms with Crippen molar-refractivity contribution < 1.29 is 0 Å². The molecule has 0 aromatic carbocycles. The second-order valence-corrected chi connectivity index (χ2v) is 5.44. The highest BCUT2D eigenvalue weighted by atomic mass is 32.2. The minimum absolute atomic E-state index is 0.417. The SMILES string of the molecule is CCC(CSC)n1c(=S)[nH]c2ccc(C)nc21. The Hall–Kier alpha value is -0.810. The van der Waals surface area contributed by atoms with Crippen molar-refractivity contribution in [3.05, 3.63) is 22.6 Å². The molecule has 0 aliphatic heterocycles. The number of hydrogen-bond donors (Lipinski definition) is 1. The van der Waals surface area contributed by atoms with Gasteiger partial charge in [-0.25, -0.2) is 4.98 Å². The van der Waals surface area contributed by atoms with E-state index in [1.807, 2.05) is 24.8 Å². The average molecular weight is 267 g/mol. The van der Waals surface area contributed by atoms with Gasteiger partial charge in [-0.3, -0.25) is 4.57 Å². The second kappa shape index (κ2) is 5.23. The van der Waals surface area contributed by atoms with E-state index in [9.17, 15) is 0 Å².